The SMILES string of the molecule is COCc1ccccc1CNC(=O)N1CCC(CO)CC1. The van der Waals surface area contributed by atoms with Gasteiger partial charge in [0.2, 0.25) is 0 Å². The van der Waals surface area contributed by atoms with Gasteiger partial charge in [0.05, 0.1) is 6.61 Å². The van der Waals surface area contributed by atoms with Crippen molar-refractivity contribution in [2.75, 3.05) is 26.8 Å². The molecule has 0 aliphatic carbocycles. The van der Waals surface area contributed by atoms with Crippen molar-refractivity contribution in [3.8, 4) is 0 Å². The third-order valence-corrected chi connectivity index (χ3v) is 4.01. The Hall–Kier alpha value is -1.59. The Labute approximate surface area is 125 Å². The second-order valence-corrected chi connectivity index (χ2v) is 5.47. The number of ether oxygens (including phenoxy) is 1. The molecule has 0 radical (unpaired) electrons. The molecule has 1 aliphatic heterocycles. The summed E-state index contributed by atoms with van der Waals surface area (Å²) in [5.74, 6) is 0.344. The average molecular weight is 292 g/mol. The molecule has 116 valence electrons. The van der Waals surface area contributed by atoms with E-state index >= 15 is 0 Å². The molecule has 2 N–H and O–H groups in total. The third kappa shape index (κ3) is 4.44. The summed E-state index contributed by atoms with van der Waals surface area (Å²) in [7, 11) is 1.67. The molecule has 0 aromatic heterocycles. The molecular weight excluding hydrogens is 268 g/mol. The van der Waals surface area contributed by atoms with Crippen LogP contribution in [-0.2, 0) is 17.9 Å². The lowest BCUT2D eigenvalue weighted by Crippen LogP contribution is -2.44. The predicted octanol–water partition coefficient (Wildman–Crippen LogP) is 1.75. The molecule has 21 heavy (non-hydrogen) atoms. The van der Waals surface area contributed by atoms with Crippen LogP contribution in [0.2, 0.25) is 0 Å². The van der Waals surface area contributed by atoms with Crippen molar-refractivity contribution in [1.82, 2.24) is 10.2 Å². The predicted molar refractivity (Wildman–Crippen MR) is 80.8 cm³/mol. The zero-order valence-electron chi connectivity index (χ0n) is 12.5. The summed E-state index contributed by atoms with van der Waals surface area (Å²) in [5, 5.41) is 12.1. The minimum absolute atomic E-state index is 0.0291. The van der Waals surface area contributed by atoms with Crippen LogP contribution in [0.3, 0.4) is 0 Å². The van der Waals surface area contributed by atoms with Gasteiger partial charge in [0.1, 0.15) is 0 Å². The van der Waals surface area contributed by atoms with Gasteiger partial charge in [-0.05, 0) is 29.9 Å². The molecule has 1 saturated heterocycles. The average Bonchev–Trinajstić information content (AvgIpc) is 2.54. The first-order valence-corrected chi connectivity index (χ1v) is 7.44. The number of nitrogens with one attached hydrogen (secondary N) is 1. The highest BCUT2D eigenvalue weighted by molar-refractivity contribution is 5.74. The number of urea groups is 1. The smallest absolute Gasteiger partial charge is 0.317 e. The first-order chi connectivity index (χ1) is 10.2. The number of aliphatic hydroxyl groups excluding tert-OH is 1. The number of methoxy groups -OCH3 is 1. The molecule has 1 aliphatic rings. The second kappa shape index (κ2) is 8.00. The molecule has 1 aromatic carbocycles. The Morgan fingerprint density at radius 1 is 1.33 bits per heavy atom. The molecule has 0 unspecified atom stereocenters. The highest BCUT2D eigenvalue weighted by Gasteiger charge is 2.22. The van der Waals surface area contributed by atoms with Crippen LogP contribution >= 0.6 is 0 Å². The van der Waals surface area contributed by atoms with Gasteiger partial charge in [-0.15, -0.1) is 0 Å². The van der Waals surface area contributed by atoms with Crippen LogP contribution in [-0.4, -0.2) is 42.8 Å². The van der Waals surface area contributed by atoms with E-state index in [9.17, 15) is 4.79 Å². The number of carbonyl (C=O) groups excluding carboxylic acids is 1. The molecule has 0 spiro atoms. The lowest BCUT2D eigenvalue weighted by atomic mass is 9.98. The molecule has 1 fully saturated rings. The van der Waals surface area contributed by atoms with Crippen LogP contribution in [0.5, 0.6) is 0 Å². The molecule has 0 atom stereocenters. The highest BCUT2D eigenvalue weighted by atomic mass is 16.5. The van der Waals surface area contributed by atoms with Gasteiger partial charge < -0.3 is 20.1 Å². The zero-order chi connectivity index (χ0) is 15.1. The van der Waals surface area contributed by atoms with E-state index in [-0.39, 0.29) is 12.6 Å². The summed E-state index contributed by atoms with van der Waals surface area (Å²) in [6, 6.07) is 7.93. The van der Waals surface area contributed by atoms with E-state index in [0.29, 0.717) is 19.1 Å². The molecule has 2 amide bonds. The largest absolute Gasteiger partial charge is 0.396 e. The second-order valence-electron chi connectivity index (χ2n) is 5.47. The number of hydrogen-bond acceptors (Lipinski definition) is 3. The maximum atomic E-state index is 12.2. The Bertz CT molecular complexity index is 457. The van der Waals surface area contributed by atoms with Crippen molar-refractivity contribution < 1.29 is 14.6 Å². The van der Waals surface area contributed by atoms with Crippen LogP contribution in [0.4, 0.5) is 4.79 Å². The third-order valence-electron chi connectivity index (χ3n) is 4.01. The van der Waals surface area contributed by atoms with Gasteiger partial charge in [0.15, 0.2) is 0 Å². The van der Waals surface area contributed by atoms with E-state index in [4.69, 9.17) is 9.84 Å². The van der Waals surface area contributed by atoms with Crippen molar-refractivity contribution in [3.63, 3.8) is 0 Å². The normalized spacial score (nSPS) is 16.0. The minimum atomic E-state index is -0.0291. The van der Waals surface area contributed by atoms with E-state index in [2.05, 4.69) is 5.32 Å². The summed E-state index contributed by atoms with van der Waals surface area (Å²) in [6.07, 6.45) is 1.76. The summed E-state index contributed by atoms with van der Waals surface area (Å²) >= 11 is 0. The highest BCUT2D eigenvalue weighted by Crippen LogP contribution is 2.16. The van der Waals surface area contributed by atoms with Gasteiger partial charge in [-0.1, -0.05) is 24.3 Å². The van der Waals surface area contributed by atoms with Crippen LogP contribution < -0.4 is 5.32 Å². The van der Waals surface area contributed by atoms with Crippen molar-refractivity contribution in [2.24, 2.45) is 5.92 Å². The lowest BCUT2D eigenvalue weighted by Gasteiger charge is -2.31. The lowest BCUT2D eigenvalue weighted by molar-refractivity contribution is 0.137. The number of aliphatic hydroxyl groups is 1. The molecule has 5 nitrogen and oxygen atoms in total. The molecule has 5 heteroatoms. The number of hydrogen-bond donors (Lipinski definition) is 2. The van der Waals surface area contributed by atoms with Crippen molar-refractivity contribution >= 4 is 6.03 Å². The maximum Gasteiger partial charge on any atom is 0.317 e. The van der Waals surface area contributed by atoms with E-state index in [1.807, 2.05) is 29.2 Å². The number of likely N-dealkylation sites (tertiary alicyclic amines) is 1. The number of rotatable bonds is 5. The fraction of sp³-hybridized carbons (Fsp3) is 0.562. The van der Waals surface area contributed by atoms with Crippen molar-refractivity contribution in [3.05, 3.63) is 35.4 Å². The summed E-state index contributed by atoms with van der Waals surface area (Å²) in [4.78, 5) is 14.0. The standard InChI is InChI=1S/C16H24N2O3/c1-21-12-15-5-3-2-4-14(15)10-17-16(20)18-8-6-13(11-19)7-9-18/h2-5,13,19H,6-12H2,1H3,(H,17,20). The monoisotopic (exact) mass is 292 g/mol. The molecule has 0 saturated carbocycles. The van der Waals surface area contributed by atoms with Crippen LogP contribution in [0, 0.1) is 5.92 Å². The summed E-state index contributed by atoms with van der Waals surface area (Å²) < 4.78 is 5.17. The number of piperidine rings is 1. The van der Waals surface area contributed by atoms with E-state index in [1.165, 1.54) is 0 Å². The van der Waals surface area contributed by atoms with Gasteiger partial charge in [0, 0.05) is 33.4 Å². The Morgan fingerprint density at radius 2 is 2.00 bits per heavy atom. The molecule has 1 aromatic rings. The Morgan fingerprint density at radius 3 is 2.62 bits per heavy atom. The summed E-state index contributed by atoms with van der Waals surface area (Å²) in [5.41, 5.74) is 2.18. The Balaban J connectivity index is 1.84. The van der Waals surface area contributed by atoms with E-state index < -0.39 is 0 Å². The first kappa shape index (κ1) is 15.8. The van der Waals surface area contributed by atoms with Gasteiger partial charge in [-0.2, -0.15) is 0 Å². The van der Waals surface area contributed by atoms with Gasteiger partial charge >= 0.3 is 6.03 Å². The van der Waals surface area contributed by atoms with Gasteiger partial charge in [0.25, 0.3) is 0 Å². The molecule has 1 heterocycles. The van der Waals surface area contributed by atoms with Crippen LogP contribution in [0.15, 0.2) is 24.3 Å². The first-order valence-electron chi connectivity index (χ1n) is 7.44. The van der Waals surface area contributed by atoms with Gasteiger partial charge in [-0.25, -0.2) is 4.79 Å². The molecule has 0 bridgehead atoms. The van der Waals surface area contributed by atoms with E-state index in [0.717, 1.165) is 37.1 Å². The Kier molecular flexibility index (Phi) is 6.02. The van der Waals surface area contributed by atoms with Crippen molar-refractivity contribution in [2.45, 2.75) is 26.0 Å². The number of carbonyl (C=O) groups is 1. The summed E-state index contributed by atoms with van der Waals surface area (Å²) in [6.45, 7) is 2.72. The van der Waals surface area contributed by atoms with Crippen LogP contribution in [0.1, 0.15) is 24.0 Å². The molecular formula is C16H24N2O3. The number of benzene rings is 1. The topological polar surface area (TPSA) is 61.8 Å². The van der Waals surface area contributed by atoms with Gasteiger partial charge in [-0.3, -0.25) is 0 Å². The zero-order valence-corrected chi connectivity index (χ0v) is 12.5. The fourth-order valence-corrected chi connectivity index (χ4v) is 2.63. The van der Waals surface area contributed by atoms with Crippen molar-refractivity contribution in [1.29, 1.82) is 0 Å². The van der Waals surface area contributed by atoms with E-state index in [1.54, 1.807) is 7.11 Å². The minimum Gasteiger partial charge on any atom is -0.396 e. The molecule has 2 rings (SSSR count). The van der Waals surface area contributed by atoms with Crippen LogP contribution in [0.25, 0.3) is 0 Å². The maximum absolute atomic E-state index is 12.2. The quantitative estimate of drug-likeness (QED) is 0.869. The fourth-order valence-electron chi connectivity index (χ4n) is 2.63. The number of nitrogens with zero attached hydrogens (tertiary/aromatic N) is 1. The number of amides is 2.